The minimum atomic E-state index is -0.163. The maximum Gasteiger partial charge on any atom is 0.266 e. The average Bonchev–Trinajstić information content (AvgIpc) is 2.82. The fourth-order valence-electron chi connectivity index (χ4n) is 3.46. The summed E-state index contributed by atoms with van der Waals surface area (Å²) >= 11 is 7.40. The van der Waals surface area contributed by atoms with E-state index in [1.807, 2.05) is 60.7 Å². The average molecular weight is 478 g/mol. The molecule has 4 rings (SSSR count). The van der Waals surface area contributed by atoms with Crippen LogP contribution in [0.3, 0.4) is 0 Å². The summed E-state index contributed by atoms with van der Waals surface area (Å²) in [4.78, 5) is 30.6. The number of para-hydroxylation sites is 1. The van der Waals surface area contributed by atoms with Gasteiger partial charge in [-0.2, -0.15) is 0 Å². The van der Waals surface area contributed by atoms with Crippen molar-refractivity contribution in [2.24, 2.45) is 0 Å². The van der Waals surface area contributed by atoms with Gasteiger partial charge in [0.05, 0.1) is 22.3 Å². The molecule has 0 atom stereocenters. The molecule has 0 spiro atoms. The summed E-state index contributed by atoms with van der Waals surface area (Å²) in [7, 11) is 0. The Hall–Kier alpha value is -3.09. The molecule has 0 fully saturated rings. The minimum absolute atomic E-state index is 0.124. The summed E-state index contributed by atoms with van der Waals surface area (Å²) < 4.78 is 1.58. The number of nitrogens with one attached hydrogen (secondary N) is 1. The largest absolute Gasteiger partial charge is 0.351 e. The fraction of sp³-hybridized carbons (Fsp3) is 0.192. The van der Waals surface area contributed by atoms with Crippen molar-refractivity contribution < 1.29 is 4.79 Å². The van der Waals surface area contributed by atoms with Crippen LogP contribution in [0.5, 0.6) is 0 Å². The normalized spacial score (nSPS) is 11.2. The Kier molecular flexibility index (Phi) is 7.16. The van der Waals surface area contributed by atoms with Crippen molar-refractivity contribution in [1.29, 1.82) is 0 Å². The molecule has 0 saturated heterocycles. The fourth-order valence-corrected chi connectivity index (χ4v) is 4.51. The van der Waals surface area contributed by atoms with Crippen LogP contribution in [-0.4, -0.2) is 21.2 Å². The van der Waals surface area contributed by atoms with Crippen molar-refractivity contribution in [1.82, 2.24) is 14.9 Å². The highest BCUT2D eigenvalue weighted by Gasteiger charge is 2.15. The third kappa shape index (κ3) is 5.29. The number of thioether (sulfide) groups is 1. The maximum atomic E-state index is 13.4. The molecule has 5 nitrogen and oxygen atoms in total. The smallest absolute Gasteiger partial charge is 0.266 e. The zero-order valence-electron chi connectivity index (χ0n) is 18.4. The van der Waals surface area contributed by atoms with Gasteiger partial charge in [0.25, 0.3) is 5.56 Å². The first-order valence-electron chi connectivity index (χ1n) is 10.7. The number of benzene rings is 3. The highest BCUT2D eigenvalue weighted by Crippen LogP contribution is 2.23. The van der Waals surface area contributed by atoms with Crippen LogP contribution in [-0.2, 0) is 11.3 Å². The molecule has 0 unspecified atom stereocenters. The van der Waals surface area contributed by atoms with Crippen molar-refractivity contribution in [3.8, 4) is 5.69 Å². The molecule has 33 heavy (non-hydrogen) atoms. The molecule has 4 aromatic rings. The van der Waals surface area contributed by atoms with Crippen LogP contribution in [0.2, 0.25) is 5.02 Å². The van der Waals surface area contributed by atoms with E-state index in [0.717, 1.165) is 11.3 Å². The molecule has 0 aliphatic rings. The summed E-state index contributed by atoms with van der Waals surface area (Å²) in [5.41, 5.74) is 3.22. The Morgan fingerprint density at radius 1 is 1.03 bits per heavy atom. The monoisotopic (exact) mass is 477 g/mol. The standard InChI is InChI=1S/C26H24ClN3O2S/c1-17(2)18-11-13-20(14-12-18)30-25(32)21-8-4-6-10-23(21)29-26(30)33-16-24(31)28-15-19-7-3-5-9-22(19)27/h3-14,17H,15-16H2,1-2H3,(H,28,31). The van der Waals surface area contributed by atoms with Crippen LogP contribution < -0.4 is 10.9 Å². The highest BCUT2D eigenvalue weighted by molar-refractivity contribution is 7.99. The van der Waals surface area contributed by atoms with Crippen molar-refractivity contribution in [2.45, 2.75) is 31.5 Å². The third-order valence-corrected chi connectivity index (χ3v) is 6.64. The molecular formula is C26H24ClN3O2S. The molecule has 0 aliphatic heterocycles. The lowest BCUT2D eigenvalue weighted by Crippen LogP contribution is -2.26. The van der Waals surface area contributed by atoms with Gasteiger partial charge in [-0.05, 0) is 47.4 Å². The summed E-state index contributed by atoms with van der Waals surface area (Å²) in [6, 6.07) is 22.5. The molecule has 0 radical (unpaired) electrons. The molecule has 0 saturated carbocycles. The van der Waals surface area contributed by atoms with Crippen LogP contribution in [0.15, 0.2) is 82.7 Å². The van der Waals surface area contributed by atoms with Gasteiger partial charge < -0.3 is 5.32 Å². The zero-order chi connectivity index (χ0) is 23.4. The molecule has 1 amide bonds. The van der Waals surface area contributed by atoms with Crippen molar-refractivity contribution >= 4 is 40.2 Å². The number of carbonyl (C=O) groups excluding carboxylic acids is 1. The molecule has 168 valence electrons. The minimum Gasteiger partial charge on any atom is -0.351 e. The molecular weight excluding hydrogens is 454 g/mol. The van der Waals surface area contributed by atoms with Gasteiger partial charge in [-0.1, -0.05) is 79.7 Å². The Bertz CT molecular complexity index is 1350. The second-order valence-electron chi connectivity index (χ2n) is 7.96. The Labute approximate surface area is 201 Å². The van der Waals surface area contributed by atoms with E-state index in [-0.39, 0.29) is 17.2 Å². The summed E-state index contributed by atoms with van der Waals surface area (Å²) in [6.07, 6.45) is 0. The van der Waals surface area contributed by atoms with Gasteiger partial charge in [0.2, 0.25) is 5.91 Å². The van der Waals surface area contributed by atoms with E-state index in [1.54, 1.807) is 16.7 Å². The van der Waals surface area contributed by atoms with E-state index < -0.39 is 0 Å². The summed E-state index contributed by atoms with van der Waals surface area (Å²) in [5.74, 6) is 0.351. The Morgan fingerprint density at radius 2 is 1.73 bits per heavy atom. The van der Waals surface area contributed by atoms with E-state index in [0.29, 0.717) is 33.5 Å². The molecule has 7 heteroatoms. The number of aromatic nitrogens is 2. The summed E-state index contributed by atoms with van der Waals surface area (Å²) in [5, 5.41) is 4.51. The first-order chi connectivity index (χ1) is 15.9. The second-order valence-corrected chi connectivity index (χ2v) is 9.30. The molecule has 0 bridgehead atoms. The second kappa shape index (κ2) is 10.2. The SMILES string of the molecule is CC(C)c1ccc(-n2c(SCC(=O)NCc3ccccc3Cl)nc3ccccc3c2=O)cc1. The van der Waals surface area contributed by atoms with Gasteiger partial charge >= 0.3 is 0 Å². The molecule has 1 heterocycles. The van der Waals surface area contributed by atoms with Gasteiger partial charge in [0.1, 0.15) is 0 Å². The van der Waals surface area contributed by atoms with Gasteiger partial charge in [-0.15, -0.1) is 0 Å². The lowest BCUT2D eigenvalue weighted by Gasteiger charge is -2.14. The van der Waals surface area contributed by atoms with Crippen LogP contribution >= 0.6 is 23.4 Å². The van der Waals surface area contributed by atoms with Crippen LogP contribution in [0, 0.1) is 0 Å². The molecule has 1 aromatic heterocycles. The molecule has 3 aromatic carbocycles. The molecule has 0 aliphatic carbocycles. The third-order valence-electron chi connectivity index (χ3n) is 5.33. The predicted molar refractivity (Wildman–Crippen MR) is 135 cm³/mol. The summed E-state index contributed by atoms with van der Waals surface area (Å²) in [6.45, 7) is 4.59. The number of halogens is 1. The first-order valence-corrected chi connectivity index (χ1v) is 12.1. The van der Waals surface area contributed by atoms with Crippen molar-refractivity contribution in [2.75, 3.05) is 5.75 Å². The van der Waals surface area contributed by atoms with Gasteiger partial charge in [0.15, 0.2) is 5.16 Å². The van der Waals surface area contributed by atoms with E-state index in [9.17, 15) is 9.59 Å². The number of hydrogen-bond donors (Lipinski definition) is 1. The van der Waals surface area contributed by atoms with E-state index >= 15 is 0 Å². The number of amides is 1. The lowest BCUT2D eigenvalue weighted by molar-refractivity contribution is -0.118. The van der Waals surface area contributed by atoms with E-state index in [4.69, 9.17) is 16.6 Å². The molecule has 1 N–H and O–H groups in total. The van der Waals surface area contributed by atoms with Crippen LogP contribution in [0.25, 0.3) is 16.6 Å². The number of fused-ring (bicyclic) bond motifs is 1. The topological polar surface area (TPSA) is 64.0 Å². The quantitative estimate of drug-likeness (QED) is 0.279. The van der Waals surface area contributed by atoms with Crippen molar-refractivity contribution in [3.63, 3.8) is 0 Å². The van der Waals surface area contributed by atoms with Gasteiger partial charge in [0, 0.05) is 11.6 Å². The number of rotatable bonds is 7. The van der Waals surface area contributed by atoms with Gasteiger partial charge in [-0.25, -0.2) is 4.98 Å². The van der Waals surface area contributed by atoms with Gasteiger partial charge in [-0.3, -0.25) is 14.2 Å². The number of hydrogen-bond acceptors (Lipinski definition) is 4. The number of carbonyl (C=O) groups is 1. The highest BCUT2D eigenvalue weighted by atomic mass is 35.5. The van der Waals surface area contributed by atoms with Crippen molar-refractivity contribution in [3.05, 3.63) is 99.3 Å². The predicted octanol–water partition coefficient (Wildman–Crippen LogP) is 5.57. The van der Waals surface area contributed by atoms with E-state index in [1.165, 1.54) is 17.3 Å². The first kappa shape index (κ1) is 23.1. The Balaban J connectivity index is 1.60. The van der Waals surface area contributed by atoms with E-state index in [2.05, 4.69) is 19.2 Å². The van der Waals surface area contributed by atoms with Crippen LogP contribution in [0.4, 0.5) is 0 Å². The Morgan fingerprint density at radius 3 is 2.45 bits per heavy atom. The number of nitrogens with zero attached hydrogens (tertiary/aromatic N) is 2. The zero-order valence-corrected chi connectivity index (χ0v) is 20.0. The lowest BCUT2D eigenvalue weighted by atomic mass is 10.0. The maximum absolute atomic E-state index is 13.4. The van der Waals surface area contributed by atoms with Crippen LogP contribution in [0.1, 0.15) is 30.9 Å².